The first-order valence-corrected chi connectivity index (χ1v) is 9.39. The van der Waals surface area contributed by atoms with Gasteiger partial charge >= 0.3 is 0 Å². The lowest BCUT2D eigenvalue weighted by atomic mass is 10.1. The minimum atomic E-state index is -0.440. The van der Waals surface area contributed by atoms with Gasteiger partial charge in [-0.3, -0.25) is 10.1 Å². The minimum Gasteiger partial charge on any atom is -0.493 e. The summed E-state index contributed by atoms with van der Waals surface area (Å²) in [6.45, 7) is 2.41. The van der Waals surface area contributed by atoms with Gasteiger partial charge in [-0.05, 0) is 49.8 Å². The van der Waals surface area contributed by atoms with Gasteiger partial charge in [-0.25, -0.2) is 4.98 Å². The van der Waals surface area contributed by atoms with Crippen LogP contribution in [0.5, 0.6) is 11.5 Å². The van der Waals surface area contributed by atoms with Gasteiger partial charge in [0.25, 0.3) is 5.69 Å². The average Bonchev–Trinajstić information content (AvgIpc) is 2.71. The highest BCUT2D eigenvalue weighted by Crippen LogP contribution is 2.41. The van der Waals surface area contributed by atoms with Crippen LogP contribution < -0.4 is 9.47 Å². The maximum Gasteiger partial charge on any atom is 0.299 e. The fraction of sp³-hybridized carbons (Fsp3) is 0.318. The first-order chi connectivity index (χ1) is 13.6. The van der Waals surface area contributed by atoms with Crippen molar-refractivity contribution in [3.63, 3.8) is 0 Å². The first kappa shape index (κ1) is 19.6. The van der Waals surface area contributed by atoms with Crippen molar-refractivity contribution in [3.05, 3.63) is 69.9 Å². The van der Waals surface area contributed by atoms with E-state index in [4.69, 9.17) is 9.47 Å². The van der Waals surface area contributed by atoms with Crippen LogP contribution in [0.2, 0.25) is 0 Å². The summed E-state index contributed by atoms with van der Waals surface area (Å²) >= 11 is 0. The lowest BCUT2D eigenvalue weighted by Crippen LogP contribution is -2.03. The number of fused-ring (bicyclic) bond motifs is 1. The van der Waals surface area contributed by atoms with Gasteiger partial charge in [0, 0.05) is 6.20 Å². The molecule has 0 fully saturated rings. The SMILES string of the molecule is COc1cc([N+](=O)[O-])c2nccc(C)c2c1OCCCCCc1ccccc1. The van der Waals surface area contributed by atoms with Gasteiger partial charge in [0.05, 0.1) is 30.1 Å². The van der Waals surface area contributed by atoms with E-state index in [1.54, 1.807) is 6.20 Å². The molecule has 6 nitrogen and oxygen atoms in total. The second-order valence-corrected chi connectivity index (χ2v) is 6.68. The highest BCUT2D eigenvalue weighted by atomic mass is 16.6. The molecule has 1 aromatic heterocycles. The third-order valence-electron chi connectivity index (χ3n) is 4.74. The number of pyridine rings is 1. The van der Waals surface area contributed by atoms with E-state index in [-0.39, 0.29) is 5.69 Å². The second kappa shape index (κ2) is 9.17. The van der Waals surface area contributed by atoms with Crippen molar-refractivity contribution >= 4 is 16.6 Å². The number of non-ortho nitro benzene ring substituents is 1. The fourth-order valence-electron chi connectivity index (χ4n) is 3.28. The molecule has 0 amide bonds. The largest absolute Gasteiger partial charge is 0.493 e. The van der Waals surface area contributed by atoms with E-state index in [2.05, 4.69) is 29.2 Å². The van der Waals surface area contributed by atoms with Crippen molar-refractivity contribution in [2.24, 2.45) is 0 Å². The fourth-order valence-corrected chi connectivity index (χ4v) is 3.28. The quantitative estimate of drug-likeness (QED) is 0.288. The van der Waals surface area contributed by atoms with E-state index in [0.717, 1.165) is 31.2 Å². The van der Waals surface area contributed by atoms with Crippen LogP contribution in [-0.4, -0.2) is 23.6 Å². The average molecular weight is 380 g/mol. The molecule has 0 atom stereocenters. The molecule has 0 aliphatic heterocycles. The van der Waals surface area contributed by atoms with Crippen LogP contribution in [0.1, 0.15) is 30.4 Å². The number of nitro benzene ring substituents is 1. The predicted octanol–water partition coefficient (Wildman–Crippen LogP) is 5.25. The Balaban J connectivity index is 1.70. The standard InChI is InChI=1S/C22H24N2O4/c1-16-12-13-23-21-18(24(25)26)15-19(27-2)22(20(16)21)28-14-8-4-7-11-17-9-5-3-6-10-17/h3,5-6,9-10,12-13,15H,4,7-8,11,14H2,1-2H3. The molecule has 0 aliphatic carbocycles. The second-order valence-electron chi connectivity index (χ2n) is 6.68. The lowest BCUT2D eigenvalue weighted by Gasteiger charge is -2.15. The number of nitrogens with zero attached hydrogens (tertiary/aromatic N) is 2. The summed E-state index contributed by atoms with van der Waals surface area (Å²) in [6, 6.07) is 13.6. The molecule has 2 aromatic carbocycles. The Morgan fingerprint density at radius 2 is 1.89 bits per heavy atom. The van der Waals surface area contributed by atoms with Crippen molar-refractivity contribution in [1.82, 2.24) is 4.98 Å². The molecule has 0 bridgehead atoms. The van der Waals surface area contributed by atoms with Gasteiger partial charge in [0.1, 0.15) is 0 Å². The van der Waals surface area contributed by atoms with Gasteiger partial charge in [-0.2, -0.15) is 0 Å². The van der Waals surface area contributed by atoms with Gasteiger partial charge in [-0.1, -0.05) is 30.3 Å². The molecular formula is C22H24N2O4. The molecule has 0 aliphatic rings. The maximum atomic E-state index is 11.4. The summed E-state index contributed by atoms with van der Waals surface area (Å²) in [5.41, 5.74) is 2.45. The number of aryl methyl sites for hydroxylation is 2. The first-order valence-electron chi connectivity index (χ1n) is 9.39. The van der Waals surface area contributed by atoms with Crippen LogP contribution in [0.3, 0.4) is 0 Å². The van der Waals surface area contributed by atoms with Crippen molar-refractivity contribution in [1.29, 1.82) is 0 Å². The zero-order valence-electron chi connectivity index (χ0n) is 16.2. The number of hydrogen-bond acceptors (Lipinski definition) is 5. The van der Waals surface area contributed by atoms with E-state index >= 15 is 0 Å². The molecule has 0 unspecified atom stereocenters. The molecular weight excluding hydrogens is 356 g/mol. The van der Waals surface area contributed by atoms with Crippen molar-refractivity contribution < 1.29 is 14.4 Å². The van der Waals surface area contributed by atoms with Crippen LogP contribution in [0, 0.1) is 17.0 Å². The van der Waals surface area contributed by atoms with E-state index in [0.29, 0.717) is 29.0 Å². The number of rotatable bonds is 9. The Morgan fingerprint density at radius 3 is 2.61 bits per heavy atom. The Morgan fingerprint density at radius 1 is 1.11 bits per heavy atom. The Kier molecular flexibility index (Phi) is 6.42. The highest BCUT2D eigenvalue weighted by Gasteiger charge is 2.23. The van der Waals surface area contributed by atoms with Crippen LogP contribution in [-0.2, 0) is 6.42 Å². The van der Waals surface area contributed by atoms with E-state index in [1.807, 2.05) is 19.1 Å². The number of ether oxygens (including phenoxy) is 2. The van der Waals surface area contributed by atoms with Crippen molar-refractivity contribution in [2.45, 2.75) is 32.6 Å². The maximum absolute atomic E-state index is 11.4. The molecule has 3 aromatic rings. The minimum absolute atomic E-state index is 0.0780. The normalized spacial score (nSPS) is 10.8. The van der Waals surface area contributed by atoms with Crippen LogP contribution in [0.25, 0.3) is 10.9 Å². The van der Waals surface area contributed by atoms with Gasteiger partial charge < -0.3 is 9.47 Å². The smallest absolute Gasteiger partial charge is 0.299 e. The molecule has 6 heteroatoms. The van der Waals surface area contributed by atoms with E-state index in [1.165, 1.54) is 18.7 Å². The summed E-state index contributed by atoms with van der Waals surface area (Å²) < 4.78 is 11.4. The van der Waals surface area contributed by atoms with Gasteiger partial charge in [0.15, 0.2) is 17.0 Å². The Hall–Kier alpha value is -3.15. The van der Waals surface area contributed by atoms with E-state index < -0.39 is 4.92 Å². The summed E-state index contributed by atoms with van der Waals surface area (Å²) in [5, 5.41) is 12.1. The zero-order valence-corrected chi connectivity index (χ0v) is 16.2. The number of benzene rings is 2. The van der Waals surface area contributed by atoms with Crippen LogP contribution >= 0.6 is 0 Å². The molecule has 0 saturated carbocycles. The third-order valence-corrected chi connectivity index (χ3v) is 4.74. The molecule has 0 spiro atoms. The monoisotopic (exact) mass is 380 g/mol. The number of methoxy groups -OCH3 is 1. The lowest BCUT2D eigenvalue weighted by molar-refractivity contribution is -0.383. The molecule has 0 N–H and O–H groups in total. The molecule has 1 heterocycles. The summed E-state index contributed by atoms with van der Waals surface area (Å²) in [6.07, 6.45) is 5.65. The van der Waals surface area contributed by atoms with Crippen molar-refractivity contribution in [3.8, 4) is 11.5 Å². The summed E-state index contributed by atoms with van der Waals surface area (Å²) in [7, 11) is 1.49. The van der Waals surface area contributed by atoms with Crippen molar-refractivity contribution in [2.75, 3.05) is 13.7 Å². The topological polar surface area (TPSA) is 74.5 Å². The number of aromatic nitrogens is 1. The van der Waals surface area contributed by atoms with Crippen LogP contribution in [0.15, 0.2) is 48.7 Å². The highest BCUT2D eigenvalue weighted by molar-refractivity contribution is 5.96. The zero-order chi connectivity index (χ0) is 19.9. The number of unbranched alkanes of at least 4 members (excludes halogenated alkanes) is 2. The summed E-state index contributed by atoms with van der Waals surface area (Å²) in [5.74, 6) is 0.886. The predicted molar refractivity (Wildman–Crippen MR) is 109 cm³/mol. The molecule has 146 valence electrons. The molecule has 0 saturated heterocycles. The van der Waals surface area contributed by atoms with Crippen LogP contribution in [0.4, 0.5) is 5.69 Å². The molecule has 3 rings (SSSR count). The molecule has 0 radical (unpaired) electrons. The Labute approximate surface area is 164 Å². The van der Waals surface area contributed by atoms with Gasteiger partial charge in [-0.15, -0.1) is 0 Å². The Bertz CT molecular complexity index is 958. The summed E-state index contributed by atoms with van der Waals surface area (Å²) in [4.78, 5) is 15.2. The number of hydrogen-bond donors (Lipinski definition) is 0. The third kappa shape index (κ3) is 4.39. The van der Waals surface area contributed by atoms with E-state index in [9.17, 15) is 10.1 Å². The van der Waals surface area contributed by atoms with Gasteiger partial charge in [0.2, 0.25) is 0 Å². The number of nitro groups is 1. The molecule has 28 heavy (non-hydrogen) atoms.